The van der Waals surface area contributed by atoms with E-state index in [1.807, 2.05) is 19.1 Å². The molecule has 0 aromatic heterocycles. The third kappa shape index (κ3) is 5.77. The van der Waals surface area contributed by atoms with Gasteiger partial charge in [-0.1, -0.05) is 19.1 Å². The van der Waals surface area contributed by atoms with Crippen LogP contribution in [0.3, 0.4) is 0 Å². The molecule has 7 nitrogen and oxygen atoms in total. The molecule has 1 aliphatic rings. The minimum absolute atomic E-state index is 0.0124. The van der Waals surface area contributed by atoms with Crippen LogP contribution in [0.2, 0.25) is 0 Å². The topological polar surface area (TPSA) is 98.7 Å². The molecule has 7 heteroatoms. The van der Waals surface area contributed by atoms with E-state index in [-0.39, 0.29) is 18.5 Å². The molecule has 1 aliphatic heterocycles. The molecule has 0 saturated carbocycles. The third-order valence-corrected chi connectivity index (χ3v) is 4.22. The van der Waals surface area contributed by atoms with E-state index >= 15 is 0 Å². The number of piperidine rings is 1. The fraction of sp³-hybridized carbons (Fsp3) is 0.500. The van der Waals surface area contributed by atoms with Gasteiger partial charge in [0.15, 0.2) is 0 Å². The maximum atomic E-state index is 12.2. The van der Waals surface area contributed by atoms with Crippen molar-refractivity contribution in [3.8, 4) is 0 Å². The number of carboxylic acid groups (broad SMARTS) is 1. The summed E-state index contributed by atoms with van der Waals surface area (Å²) in [5.74, 6) is -1.34. The molecule has 25 heavy (non-hydrogen) atoms. The zero-order valence-electron chi connectivity index (χ0n) is 14.5. The maximum absolute atomic E-state index is 12.2. The molecule has 0 bridgehead atoms. The number of benzene rings is 1. The number of likely N-dealkylation sites (tertiary alicyclic amines) is 1. The van der Waals surface area contributed by atoms with Gasteiger partial charge in [0.1, 0.15) is 0 Å². The molecule has 1 aromatic carbocycles. The number of nitrogens with zero attached hydrogens (tertiary/aromatic N) is 1. The quantitative estimate of drug-likeness (QED) is 0.736. The zero-order chi connectivity index (χ0) is 18.2. The molecule has 2 rings (SSSR count). The van der Waals surface area contributed by atoms with Crippen LogP contribution in [0.1, 0.15) is 38.2 Å². The highest BCUT2D eigenvalue weighted by molar-refractivity contribution is 5.90. The number of amides is 3. The van der Waals surface area contributed by atoms with Crippen LogP contribution in [0.5, 0.6) is 0 Å². The summed E-state index contributed by atoms with van der Waals surface area (Å²) in [5.41, 5.74) is 1.64. The van der Waals surface area contributed by atoms with E-state index in [1.165, 1.54) is 0 Å². The summed E-state index contributed by atoms with van der Waals surface area (Å²) in [4.78, 5) is 36.4. The largest absolute Gasteiger partial charge is 0.481 e. The molecule has 136 valence electrons. The zero-order valence-corrected chi connectivity index (χ0v) is 14.5. The molecule has 0 spiro atoms. The van der Waals surface area contributed by atoms with E-state index < -0.39 is 11.9 Å². The van der Waals surface area contributed by atoms with Crippen molar-refractivity contribution in [3.63, 3.8) is 0 Å². The number of anilines is 1. The number of carbonyl (C=O) groups is 3. The summed E-state index contributed by atoms with van der Waals surface area (Å²) in [7, 11) is 0. The van der Waals surface area contributed by atoms with E-state index in [1.54, 1.807) is 17.0 Å². The standard InChI is InChI=1S/C18H25N3O4/c1-2-4-16(22)20-15-8-6-13(7-9-15)11-19-18(25)21-10-3-5-14(12-21)17(23)24/h6-9,14H,2-5,10-12H2,1H3,(H,19,25)(H,20,22)(H,23,24). The van der Waals surface area contributed by atoms with Gasteiger partial charge in [-0.05, 0) is 37.0 Å². The Hall–Kier alpha value is -2.57. The lowest BCUT2D eigenvalue weighted by atomic mass is 9.99. The van der Waals surface area contributed by atoms with Crippen LogP contribution in [-0.2, 0) is 16.1 Å². The SMILES string of the molecule is CCCC(=O)Nc1ccc(CNC(=O)N2CCCC(C(=O)O)C2)cc1. The Kier molecular flexibility index (Phi) is 6.80. The molecule has 1 heterocycles. The number of urea groups is 1. The summed E-state index contributed by atoms with van der Waals surface area (Å²) in [6, 6.07) is 7.05. The van der Waals surface area contributed by atoms with E-state index in [4.69, 9.17) is 5.11 Å². The average molecular weight is 347 g/mol. The first-order chi connectivity index (χ1) is 12.0. The molecular weight excluding hydrogens is 322 g/mol. The highest BCUT2D eigenvalue weighted by Crippen LogP contribution is 2.17. The minimum atomic E-state index is -0.849. The predicted octanol–water partition coefficient (Wildman–Crippen LogP) is 2.43. The van der Waals surface area contributed by atoms with Crippen molar-refractivity contribution < 1.29 is 19.5 Å². The monoisotopic (exact) mass is 347 g/mol. The summed E-state index contributed by atoms with van der Waals surface area (Å²) < 4.78 is 0. The van der Waals surface area contributed by atoms with Crippen LogP contribution in [0.4, 0.5) is 10.5 Å². The molecule has 1 atom stereocenters. The van der Waals surface area contributed by atoms with Gasteiger partial charge >= 0.3 is 12.0 Å². The van der Waals surface area contributed by atoms with E-state index in [0.29, 0.717) is 32.4 Å². The second-order valence-corrected chi connectivity index (χ2v) is 6.28. The number of rotatable bonds is 6. The number of hydrogen-bond donors (Lipinski definition) is 3. The molecule has 0 radical (unpaired) electrons. The van der Waals surface area contributed by atoms with Crippen molar-refractivity contribution in [2.24, 2.45) is 5.92 Å². The summed E-state index contributed by atoms with van der Waals surface area (Å²) >= 11 is 0. The summed E-state index contributed by atoms with van der Waals surface area (Å²) in [6.07, 6.45) is 2.61. The highest BCUT2D eigenvalue weighted by Gasteiger charge is 2.27. The van der Waals surface area contributed by atoms with Crippen LogP contribution in [0, 0.1) is 5.92 Å². The molecule has 1 fully saturated rings. The first-order valence-corrected chi connectivity index (χ1v) is 8.64. The molecule has 1 aromatic rings. The Morgan fingerprint density at radius 1 is 1.24 bits per heavy atom. The van der Waals surface area contributed by atoms with Crippen LogP contribution in [0.15, 0.2) is 24.3 Å². The van der Waals surface area contributed by atoms with Gasteiger partial charge in [-0.2, -0.15) is 0 Å². The van der Waals surface area contributed by atoms with E-state index in [0.717, 1.165) is 17.7 Å². The Balaban J connectivity index is 1.81. The smallest absolute Gasteiger partial charge is 0.317 e. The molecular formula is C18H25N3O4. The predicted molar refractivity (Wildman–Crippen MR) is 94.1 cm³/mol. The molecule has 1 unspecified atom stereocenters. The average Bonchev–Trinajstić information content (AvgIpc) is 2.61. The van der Waals surface area contributed by atoms with E-state index in [9.17, 15) is 14.4 Å². The van der Waals surface area contributed by atoms with Gasteiger partial charge in [-0.3, -0.25) is 9.59 Å². The Labute approximate surface area is 147 Å². The molecule has 3 amide bonds. The second-order valence-electron chi connectivity index (χ2n) is 6.28. The van der Waals surface area contributed by atoms with Gasteiger partial charge in [-0.25, -0.2) is 4.79 Å². The highest BCUT2D eigenvalue weighted by atomic mass is 16.4. The Morgan fingerprint density at radius 2 is 1.96 bits per heavy atom. The van der Waals surface area contributed by atoms with Crippen LogP contribution >= 0.6 is 0 Å². The molecule has 1 saturated heterocycles. The van der Waals surface area contributed by atoms with Crippen molar-refractivity contribution in [3.05, 3.63) is 29.8 Å². The van der Waals surface area contributed by atoms with Gasteiger partial charge < -0.3 is 20.6 Å². The number of hydrogen-bond acceptors (Lipinski definition) is 3. The number of carbonyl (C=O) groups excluding carboxylic acids is 2. The number of nitrogens with one attached hydrogen (secondary N) is 2. The summed E-state index contributed by atoms with van der Waals surface area (Å²) in [6.45, 7) is 3.14. The number of carboxylic acids is 1. The second kappa shape index (κ2) is 9.05. The first-order valence-electron chi connectivity index (χ1n) is 8.64. The fourth-order valence-corrected chi connectivity index (χ4v) is 2.81. The van der Waals surface area contributed by atoms with Gasteiger partial charge in [0.05, 0.1) is 5.92 Å². The van der Waals surface area contributed by atoms with Crippen LogP contribution < -0.4 is 10.6 Å². The lowest BCUT2D eigenvalue weighted by Crippen LogP contribution is -2.46. The van der Waals surface area contributed by atoms with Crippen molar-refractivity contribution >= 4 is 23.6 Å². The van der Waals surface area contributed by atoms with Crippen molar-refractivity contribution in [1.29, 1.82) is 0 Å². The van der Waals surface area contributed by atoms with Crippen LogP contribution in [-0.4, -0.2) is 41.0 Å². The van der Waals surface area contributed by atoms with Crippen molar-refractivity contribution in [2.45, 2.75) is 39.2 Å². The van der Waals surface area contributed by atoms with Crippen LogP contribution in [0.25, 0.3) is 0 Å². The fourth-order valence-electron chi connectivity index (χ4n) is 2.81. The van der Waals surface area contributed by atoms with Crippen molar-refractivity contribution in [2.75, 3.05) is 18.4 Å². The van der Waals surface area contributed by atoms with Crippen molar-refractivity contribution in [1.82, 2.24) is 10.2 Å². The van der Waals surface area contributed by atoms with Gasteiger partial charge in [0.2, 0.25) is 5.91 Å². The normalized spacial score (nSPS) is 17.0. The lowest BCUT2D eigenvalue weighted by Gasteiger charge is -2.30. The minimum Gasteiger partial charge on any atom is -0.481 e. The Bertz CT molecular complexity index is 615. The lowest BCUT2D eigenvalue weighted by molar-refractivity contribution is -0.143. The third-order valence-electron chi connectivity index (χ3n) is 4.22. The van der Waals surface area contributed by atoms with Gasteiger partial charge in [-0.15, -0.1) is 0 Å². The maximum Gasteiger partial charge on any atom is 0.317 e. The number of aliphatic carboxylic acids is 1. The molecule has 3 N–H and O–H groups in total. The Morgan fingerprint density at radius 3 is 2.60 bits per heavy atom. The molecule has 0 aliphatic carbocycles. The van der Waals surface area contributed by atoms with Gasteiger partial charge in [0, 0.05) is 31.7 Å². The first kappa shape index (κ1) is 18.8. The van der Waals surface area contributed by atoms with E-state index in [2.05, 4.69) is 10.6 Å². The van der Waals surface area contributed by atoms with Gasteiger partial charge in [0.25, 0.3) is 0 Å². The summed E-state index contributed by atoms with van der Waals surface area (Å²) in [5, 5.41) is 14.7.